The van der Waals surface area contributed by atoms with Crippen molar-refractivity contribution in [2.75, 3.05) is 13.1 Å². The average molecular weight is 570 g/mol. The smallest absolute Gasteiger partial charge is 0.320 e. The summed E-state index contributed by atoms with van der Waals surface area (Å²) < 4.78 is 0. The number of carboxylic acids is 3. The molecule has 0 bridgehead atoms. The molecule has 1 aliphatic heterocycles. The number of carboxylic acid groups (broad SMARTS) is 3. The summed E-state index contributed by atoms with van der Waals surface area (Å²) in [6.07, 6.45) is 1.79. The minimum Gasteiger partial charge on any atom is -0.481 e. The number of fused-ring (bicyclic) bond motifs is 1. The van der Waals surface area contributed by atoms with Crippen LogP contribution in [0.1, 0.15) is 65.8 Å². The lowest BCUT2D eigenvalue weighted by Gasteiger charge is -2.28. The molecule has 0 aromatic heterocycles. The van der Waals surface area contributed by atoms with E-state index in [0.717, 1.165) is 11.3 Å². The Morgan fingerprint density at radius 1 is 0.854 bits per heavy atom. The molecule has 41 heavy (non-hydrogen) atoms. The number of hydrogen-bond donors (Lipinski definition) is 5. The van der Waals surface area contributed by atoms with Gasteiger partial charge < -0.3 is 26.4 Å². The Balaban J connectivity index is 0.000000377. The summed E-state index contributed by atoms with van der Waals surface area (Å²) >= 11 is 0. The van der Waals surface area contributed by atoms with Gasteiger partial charge >= 0.3 is 17.9 Å². The molecule has 0 radical (unpaired) electrons. The van der Waals surface area contributed by atoms with Gasteiger partial charge in [0.05, 0.1) is 23.6 Å². The Morgan fingerprint density at radius 2 is 1.41 bits per heavy atom. The van der Waals surface area contributed by atoms with E-state index in [0.29, 0.717) is 24.1 Å². The molecule has 0 aliphatic carbocycles. The number of nitrogens with two attached hydrogens (primary N) is 1. The first-order valence-electron chi connectivity index (χ1n) is 13.6. The van der Waals surface area contributed by atoms with Crippen LogP contribution < -0.4 is 11.1 Å². The number of imide groups is 1. The van der Waals surface area contributed by atoms with Gasteiger partial charge in [-0.2, -0.15) is 0 Å². The van der Waals surface area contributed by atoms with Gasteiger partial charge in [-0.25, -0.2) is 0 Å². The quantitative estimate of drug-likeness (QED) is 0.158. The lowest BCUT2D eigenvalue weighted by atomic mass is 9.86. The van der Waals surface area contributed by atoms with Crippen LogP contribution in [0.15, 0.2) is 54.6 Å². The van der Waals surface area contributed by atoms with Crippen LogP contribution in [-0.4, -0.2) is 75.1 Å². The number of amides is 2. The third-order valence-electron chi connectivity index (χ3n) is 6.94. The summed E-state index contributed by atoms with van der Waals surface area (Å²) in [4.78, 5) is 59.3. The van der Waals surface area contributed by atoms with Crippen LogP contribution in [0.5, 0.6) is 0 Å². The van der Waals surface area contributed by atoms with E-state index in [1.807, 2.05) is 30.3 Å². The number of nitrogens with zero attached hydrogens (tertiary/aromatic N) is 1. The SMILES string of the molecule is CC[C@H](CC(CC(C)C[C@H](N)C(=O)O)C(=O)O)N1C(=O)c2ccccc2C1=O.O=C(O)CNCCc1ccccc1. The van der Waals surface area contributed by atoms with E-state index >= 15 is 0 Å². The number of carbonyl (C=O) groups is 5. The largest absolute Gasteiger partial charge is 0.481 e. The van der Waals surface area contributed by atoms with Gasteiger partial charge in [0.2, 0.25) is 0 Å². The predicted octanol–water partition coefficient (Wildman–Crippen LogP) is 2.88. The molecule has 222 valence electrons. The Labute approximate surface area is 239 Å². The minimum atomic E-state index is -1.13. The lowest BCUT2D eigenvalue weighted by Crippen LogP contribution is -2.42. The third kappa shape index (κ3) is 10.1. The molecule has 1 aliphatic rings. The molecule has 0 fully saturated rings. The maximum Gasteiger partial charge on any atom is 0.320 e. The molecule has 0 spiro atoms. The van der Waals surface area contributed by atoms with E-state index in [2.05, 4.69) is 5.32 Å². The van der Waals surface area contributed by atoms with E-state index in [4.69, 9.17) is 15.9 Å². The van der Waals surface area contributed by atoms with E-state index in [1.54, 1.807) is 38.1 Å². The van der Waals surface area contributed by atoms with Crippen LogP contribution in [0.2, 0.25) is 0 Å². The van der Waals surface area contributed by atoms with Gasteiger partial charge in [0.15, 0.2) is 0 Å². The number of carbonyl (C=O) groups excluding carboxylic acids is 2. The summed E-state index contributed by atoms with van der Waals surface area (Å²) in [5, 5.41) is 29.7. The number of nitrogens with one attached hydrogen (secondary N) is 1. The van der Waals surface area contributed by atoms with Crippen LogP contribution >= 0.6 is 0 Å². The first kappa shape index (κ1) is 33.1. The van der Waals surface area contributed by atoms with Gasteiger partial charge in [-0.05, 0) is 62.3 Å². The number of aliphatic carboxylic acids is 3. The molecule has 2 aromatic rings. The molecular weight excluding hydrogens is 530 g/mol. The van der Waals surface area contributed by atoms with Crippen LogP contribution in [-0.2, 0) is 20.8 Å². The van der Waals surface area contributed by atoms with E-state index < -0.39 is 47.7 Å². The number of benzene rings is 2. The van der Waals surface area contributed by atoms with Crippen LogP contribution in [0, 0.1) is 11.8 Å². The molecular formula is C30H39N3O8. The van der Waals surface area contributed by atoms with Gasteiger partial charge in [0, 0.05) is 6.04 Å². The highest BCUT2D eigenvalue weighted by Crippen LogP contribution is 2.30. The fraction of sp³-hybridized carbons (Fsp3) is 0.433. The summed E-state index contributed by atoms with van der Waals surface area (Å²) in [6.45, 7) is 4.29. The normalized spacial score (nSPS) is 15.2. The molecule has 6 N–H and O–H groups in total. The maximum atomic E-state index is 12.7. The molecule has 0 saturated carbocycles. The van der Waals surface area contributed by atoms with Crippen LogP contribution in [0.25, 0.3) is 0 Å². The first-order valence-corrected chi connectivity index (χ1v) is 13.6. The monoisotopic (exact) mass is 569 g/mol. The second-order valence-electron chi connectivity index (χ2n) is 10.2. The molecule has 11 nitrogen and oxygen atoms in total. The fourth-order valence-electron chi connectivity index (χ4n) is 4.81. The van der Waals surface area contributed by atoms with Gasteiger partial charge in [0.1, 0.15) is 6.04 Å². The van der Waals surface area contributed by atoms with Crippen molar-refractivity contribution >= 4 is 29.7 Å². The summed E-state index contributed by atoms with van der Waals surface area (Å²) in [7, 11) is 0. The number of hydrogen-bond acceptors (Lipinski definition) is 7. The summed E-state index contributed by atoms with van der Waals surface area (Å²) in [5.41, 5.74) is 7.42. The van der Waals surface area contributed by atoms with Crippen LogP contribution in [0.4, 0.5) is 0 Å². The van der Waals surface area contributed by atoms with Crippen LogP contribution in [0.3, 0.4) is 0 Å². The zero-order valence-corrected chi connectivity index (χ0v) is 23.4. The van der Waals surface area contributed by atoms with Crippen molar-refractivity contribution < 1.29 is 39.3 Å². The van der Waals surface area contributed by atoms with Gasteiger partial charge in [-0.1, -0.05) is 56.3 Å². The predicted molar refractivity (Wildman–Crippen MR) is 151 cm³/mol. The Kier molecular flexibility index (Phi) is 13.1. The van der Waals surface area contributed by atoms with E-state index in [1.165, 1.54) is 5.56 Å². The molecule has 1 heterocycles. The van der Waals surface area contributed by atoms with Crippen molar-refractivity contribution in [1.82, 2.24) is 10.2 Å². The van der Waals surface area contributed by atoms with Crippen molar-refractivity contribution in [3.05, 3.63) is 71.3 Å². The standard InChI is InChI=1S/C20H26N2O6.C10H13NO2/c1-3-13(22-17(23)14-6-4-5-7-15(14)18(22)24)10-12(19(25)26)8-11(2)9-16(21)20(27)28;12-10(13)8-11-7-6-9-4-2-1-3-5-9/h4-7,11-13,16H,3,8-10,21H2,1-2H3,(H,25,26)(H,27,28);1-5,11H,6-8H2,(H,12,13)/t11?,12?,13-,16+;/m1./s1. The van der Waals surface area contributed by atoms with Crippen molar-refractivity contribution in [1.29, 1.82) is 0 Å². The highest BCUT2D eigenvalue weighted by Gasteiger charge is 2.40. The molecule has 2 unspecified atom stereocenters. The summed E-state index contributed by atoms with van der Waals surface area (Å²) in [6, 6.07) is 14.9. The fourth-order valence-corrected chi connectivity index (χ4v) is 4.81. The molecule has 4 atom stereocenters. The second-order valence-corrected chi connectivity index (χ2v) is 10.2. The maximum absolute atomic E-state index is 12.7. The molecule has 3 rings (SSSR count). The zero-order chi connectivity index (χ0) is 30.5. The van der Waals surface area contributed by atoms with Crippen molar-refractivity contribution in [3.8, 4) is 0 Å². The minimum absolute atomic E-state index is 0.0346. The van der Waals surface area contributed by atoms with E-state index in [9.17, 15) is 29.1 Å². The molecule has 2 aromatic carbocycles. The van der Waals surface area contributed by atoms with Crippen molar-refractivity contribution in [2.24, 2.45) is 17.6 Å². The average Bonchev–Trinajstić information content (AvgIpc) is 3.19. The number of rotatable bonds is 15. The Morgan fingerprint density at radius 3 is 1.90 bits per heavy atom. The Hall–Kier alpha value is -4.09. The molecule has 11 heteroatoms. The van der Waals surface area contributed by atoms with Crippen molar-refractivity contribution in [2.45, 2.75) is 58.0 Å². The van der Waals surface area contributed by atoms with Gasteiger partial charge in [-0.3, -0.25) is 28.9 Å². The highest BCUT2D eigenvalue weighted by molar-refractivity contribution is 6.21. The second kappa shape index (κ2) is 16.2. The highest BCUT2D eigenvalue weighted by atomic mass is 16.4. The van der Waals surface area contributed by atoms with E-state index in [-0.39, 0.29) is 31.7 Å². The summed E-state index contributed by atoms with van der Waals surface area (Å²) in [5.74, 6) is -4.83. The first-order chi connectivity index (χ1) is 19.5. The Bertz CT molecular complexity index is 1170. The topological polar surface area (TPSA) is 187 Å². The third-order valence-corrected chi connectivity index (χ3v) is 6.94. The molecule has 2 amide bonds. The molecule has 0 saturated heterocycles. The van der Waals surface area contributed by atoms with Gasteiger partial charge in [0.25, 0.3) is 11.8 Å². The van der Waals surface area contributed by atoms with Crippen molar-refractivity contribution in [3.63, 3.8) is 0 Å². The zero-order valence-electron chi connectivity index (χ0n) is 23.4. The van der Waals surface area contributed by atoms with Gasteiger partial charge in [-0.15, -0.1) is 0 Å². The lowest BCUT2D eigenvalue weighted by molar-refractivity contribution is -0.143.